The maximum atomic E-state index is 13.3. The first-order chi connectivity index (χ1) is 12.2. The third kappa shape index (κ3) is 4.46. The zero-order valence-corrected chi connectivity index (χ0v) is 14.2. The summed E-state index contributed by atoms with van der Waals surface area (Å²) in [6, 6.07) is 8.96. The number of fused-ring (bicyclic) bond motifs is 1. The summed E-state index contributed by atoms with van der Waals surface area (Å²) in [5.74, 6) is -1.39. The summed E-state index contributed by atoms with van der Waals surface area (Å²) >= 11 is 0. The SMILES string of the molecule is CC(CCc1ccc(O)c(OC(F)(F)F)c1)N1Cc2ccc(F)cc2C1. The fourth-order valence-corrected chi connectivity index (χ4v) is 3.18. The van der Waals surface area contributed by atoms with Gasteiger partial charge in [0.2, 0.25) is 0 Å². The van der Waals surface area contributed by atoms with E-state index in [4.69, 9.17) is 0 Å². The molecule has 0 aliphatic carbocycles. The number of alkyl halides is 3. The van der Waals surface area contributed by atoms with Gasteiger partial charge in [-0.15, -0.1) is 13.2 Å². The number of phenolic OH excluding ortho intramolecular Hbond substituents is 1. The Morgan fingerprint density at radius 1 is 1.12 bits per heavy atom. The molecule has 1 heterocycles. The fraction of sp³-hybridized carbons (Fsp3) is 0.368. The first kappa shape index (κ1) is 18.5. The lowest BCUT2D eigenvalue weighted by Gasteiger charge is -2.24. The van der Waals surface area contributed by atoms with Gasteiger partial charge in [0.05, 0.1) is 0 Å². The monoisotopic (exact) mass is 369 g/mol. The van der Waals surface area contributed by atoms with E-state index < -0.39 is 17.9 Å². The lowest BCUT2D eigenvalue weighted by molar-refractivity contribution is -0.275. The normalized spacial score (nSPS) is 15.7. The largest absolute Gasteiger partial charge is 0.573 e. The third-order valence-corrected chi connectivity index (χ3v) is 4.64. The van der Waals surface area contributed by atoms with Gasteiger partial charge in [-0.05, 0) is 60.7 Å². The van der Waals surface area contributed by atoms with Crippen molar-refractivity contribution in [2.75, 3.05) is 0 Å². The minimum Gasteiger partial charge on any atom is -0.504 e. The number of hydrogen-bond acceptors (Lipinski definition) is 3. The highest BCUT2D eigenvalue weighted by Crippen LogP contribution is 2.33. The molecule has 2 aromatic rings. The molecular formula is C19H19F4NO2. The van der Waals surface area contributed by atoms with Gasteiger partial charge in [-0.2, -0.15) is 0 Å². The Labute approximate surface area is 148 Å². The van der Waals surface area contributed by atoms with Crippen LogP contribution in [0.4, 0.5) is 17.6 Å². The van der Waals surface area contributed by atoms with Crippen molar-refractivity contribution in [1.29, 1.82) is 0 Å². The van der Waals surface area contributed by atoms with Gasteiger partial charge in [0, 0.05) is 19.1 Å². The summed E-state index contributed by atoms with van der Waals surface area (Å²) in [5, 5.41) is 9.51. The third-order valence-electron chi connectivity index (χ3n) is 4.64. The number of rotatable bonds is 5. The molecule has 3 rings (SSSR count). The second-order valence-electron chi connectivity index (χ2n) is 6.56. The van der Waals surface area contributed by atoms with Gasteiger partial charge in [-0.1, -0.05) is 12.1 Å². The van der Waals surface area contributed by atoms with Gasteiger partial charge < -0.3 is 9.84 Å². The number of benzene rings is 2. The molecule has 140 valence electrons. The van der Waals surface area contributed by atoms with Crippen molar-refractivity contribution in [3.8, 4) is 11.5 Å². The van der Waals surface area contributed by atoms with Crippen LogP contribution >= 0.6 is 0 Å². The van der Waals surface area contributed by atoms with Gasteiger partial charge in [0.25, 0.3) is 0 Å². The predicted molar refractivity (Wildman–Crippen MR) is 88.2 cm³/mol. The Morgan fingerprint density at radius 3 is 2.58 bits per heavy atom. The maximum absolute atomic E-state index is 13.3. The summed E-state index contributed by atoms with van der Waals surface area (Å²) in [4.78, 5) is 2.21. The molecule has 0 amide bonds. The number of aromatic hydroxyl groups is 1. The van der Waals surface area contributed by atoms with Crippen LogP contribution in [0.15, 0.2) is 36.4 Å². The Morgan fingerprint density at radius 2 is 1.85 bits per heavy atom. The number of hydrogen-bond donors (Lipinski definition) is 1. The minimum atomic E-state index is -4.85. The Balaban J connectivity index is 1.60. The molecule has 0 saturated heterocycles. The standard InChI is InChI=1S/C19H19F4NO2/c1-12(24-10-14-5-6-16(20)9-15(14)11-24)2-3-13-4-7-17(25)18(8-13)26-19(21,22)23/h4-9,12,25H,2-3,10-11H2,1H3. The van der Waals surface area contributed by atoms with Crippen molar-refractivity contribution in [3.05, 3.63) is 58.9 Å². The lowest BCUT2D eigenvalue weighted by Crippen LogP contribution is -2.28. The highest BCUT2D eigenvalue weighted by Gasteiger charge is 2.32. The molecule has 0 aromatic heterocycles. The zero-order valence-electron chi connectivity index (χ0n) is 14.2. The quantitative estimate of drug-likeness (QED) is 0.771. The van der Waals surface area contributed by atoms with Crippen molar-refractivity contribution in [2.45, 2.75) is 45.3 Å². The van der Waals surface area contributed by atoms with E-state index in [1.54, 1.807) is 18.2 Å². The van der Waals surface area contributed by atoms with E-state index in [1.165, 1.54) is 18.2 Å². The first-order valence-electron chi connectivity index (χ1n) is 8.30. The molecule has 0 bridgehead atoms. The van der Waals surface area contributed by atoms with Gasteiger partial charge >= 0.3 is 6.36 Å². The molecule has 0 fully saturated rings. The Kier molecular flexibility index (Phi) is 5.09. The highest BCUT2D eigenvalue weighted by atomic mass is 19.4. The van der Waals surface area contributed by atoms with E-state index in [0.29, 0.717) is 24.9 Å². The van der Waals surface area contributed by atoms with E-state index in [2.05, 4.69) is 9.64 Å². The number of phenols is 1. The van der Waals surface area contributed by atoms with Crippen molar-refractivity contribution in [3.63, 3.8) is 0 Å². The molecule has 0 spiro atoms. The van der Waals surface area contributed by atoms with E-state index in [9.17, 15) is 22.7 Å². The molecule has 1 N–H and O–H groups in total. The van der Waals surface area contributed by atoms with Gasteiger partial charge in [-0.3, -0.25) is 4.90 Å². The van der Waals surface area contributed by atoms with Crippen LogP contribution in [0.3, 0.4) is 0 Å². The molecule has 2 aromatic carbocycles. The van der Waals surface area contributed by atoms with Crippen LogP contribution < -0.4 is 4.74 Å². The molecular weight excluding hydrogens is 350 g/mol. The summed E-state index contributed by atoms with van der Waals surface area (Å²) in [5.41, 5.74) is 2.72. The topological polar surface area (TPSA) is 32.7 Å². The predicted octanol–water partition coefficient (Wildman–Crippen LogP) is 4.77. The number of aryl methyl sites for hydroxylation is 1. The smallest absolute Gasteiger partial charge is 0.504 e. The van der Waals surface area contributed by atoms with Gasteiger partial charge in [0.1, 0.15) is 5.82 Å². The number of ether oxygens (including phenoxy) is 1. The summed E-state index contributed by atoms with van der Waals surface area (Å²) in [6.45, 7) is 3.43. The molecule has 1 atom stereocenters. The number of nitrogens with zero attached hydrogens (tertiary/aromatic N) is 1. The minimum absolute atomic E-state index is 0.172. The number of halogens is 4. The average Bonchev–Trinajstić information content (AvgIpc) is 2.97. The molecule has 1 aliphatic heterocycles. The summed E-state index contributed by atoms with van der Waals surface area (Å²) in [6.07, 6.45) is -3.59. The lowest BCUT2D eigenvalue weighted by atomic mass is 10.0. The Hall–Kier alpha value is -2.28. The van der Waals surface area contributed by atoms with E-state index in [-0.39, 0.29) is 11.9 Å². The van der Waals surface area contributed by atoms with Gasteiger partial charge in [-0.25, -0.2) is 4.39 Å². The van der Waals surface area contributed by atoms with Crippen LogP contribution in [0.5, 0.6) is 11.5 Å². The van der Waals surface area contributed by atoms with E-state index in [1.807, 2.05) is 6.92 Å². The molecule has 1 aliphatic rings. The maximum Gasteiger partial charge on any atom is 0.573 e. The second-order valence-corrected chi connectivity index (χ2v) is 6.56. The summed E-state index contributed by atoms with van der Waals surface area (Å²) in [7, 11) is 0. The molecule has 26 heavy (non-hydrogen) atoms. The van der Waals surface area contributed by atoms with E-state index >= 15 is 0 Å². The molecule has 0 radical (unpaired) electrons. The Bertz CT molecular complexity index is 792. The van der Waals surface area contributed by atoms with Crippen LogP contribution in [-0.2, 0) is 19.5 Å². The highest BCUT2D eigenvalue weighted by molar-refractivity contribution is 5.42. The van der Waals surface area contributed by atoms with Crippen LogP contribution in [0.2, 0.25) is 0 Å². The molecule has 7 heteroatoms. The van der Waals surface area contributed by atoms with Crippen LogP contribution in [-0.4, -0.2) is 22.4 Å². The van der Waals surface area contributed by atoms with Crippen molar-refractivity contribution in [1.82, 2.24) is 4.90 Å². The second kappa shape index (κ2) is 7.15. The van der Waals surface area contributed by atoms with Crippen molar-refractivity contribution in [2.24, 2.45) is 0 Å². The van der Waals surface area contributed by atoms with Crippen molar-refractivity contribution >= 4 is 0 Å². The first-order valence-corrected chi connectivity index (χ1v) is 8.30. The van der Waals surface area contributed by atoms with Crippen LogP contribution in [0, 0.1) is 5.82 Å². The zero-order chi connectivity index (χ0) is 18.9. The fourth-order valence-electron chi connectivity index (χ4n) is 3.18. The molecule has 0 saturated carbocycles. The molecule has 1 unspecified atom stereocenters. The average molecular weight is 369 g/mol. The molecule has 3 nitrogen and oxygen atoms in total. The van der Waals surface area contributed by atoms with Crippen molar-refractivity contribution < 1.29 is 27.4 Å². The van der Waals surface area contributed by atoms with Crippen LogP contribution in [0.25, 0.3) is 0 Å². The van der Waals surface area contributed by atoms with Gasteiger partial charge in [0.15, 0.2) is 11.5 Å². The summed E-state index contributed by atoms with van der Waals surface area (Å²) < 4.78 is 54.2. The van der Waals surface area contributed by atoms with Crippen LogP contribution in [0.1, 0.15) is 30.0 Å². The van der Waals surface area contributed by atoms with E-state index in [0.717, 1.165) is 17.7 Å².